The lowest BCUT2D eigenvalue weighted by Gasteiger charge is -2.29. The number of hydrogen-bond donors (Lipinski definition) is 0. The SMILES string of the molecule is CC(Oc1ccccc1)C(=O)N(c1ccc(S(C)(=O)=O)cc1)C(C)C. The summed E-state index contributed by atoms with van der Waals surface area (Å²) in [5, 5.41) is 0. The van der Waals surface area contributed by atoms with Crippen molar-refractivity contribution in [2.24, 2.45) is 0 Å². The molecule has 0 aliphatic rings. The molecule has 134 valence electrons. The second kappa shape index (κ2) is 7.70. The van der Waals surface area contributed by atoms with Crippen LogP contribution in [0.5, 0.6) is 5.75 Å². The van der Waals surface area contributed by atoms with Crippen LogP contribution in [0.2, 0.25) is 0 Å². The molecule has 2 aromatic carbocycles. The standard InChI is InChI=1S/C19H23NO4S/c1-14(2)20(16-10-12-18(13-11-16)25(4,22)23)19(21)15(3)24-17-8-6-5-7-9-17/h5-15H,1-4H3. The summed E-state index contributed by atoms with van der Waals surface area (Å²) in [5.41, 5.74) is 0.635. The molecule has 0 radical (unpaired) electrons. The van der Waals surface area contributed by atoms with Crippen LogP contribution in [0.25, 0.3) is 0 Å². The third-order valence-corrected chi connectivity index (χ3v) is 4.83. The smallest absolute Gasteiger partial charge is 0.267 e. The molecule has 25 heavy (non-hydrogen) atoms. The summed E-state index contributed by atoms with van der Waals surface area (Å²) >= 11 is 0. The van der Waals surface area contributed by atoms with Gasteiger partial charge in [-0.25, -0.2) is 8.42 Å². The molecule has 0 N–H and O–H groups in total. The molecule has 0 saturated carbocycles. The highest BCUT2D eigenvalue weighted by Crippen LogP contribution is 2.22. The highest BCUT2D eigenvalue weighted by Gasteiger charge is 2.26. The van der Waals surface area contributed by atoms with Gasteiger partial charge in [0.25, 0.3) is 5.91 Å². The van der Waals surface area contributed by atoms with Crippen LogP contribution in [0.1, 0.15) is 20.8 Å². The number of rotatable bonds is 6. The minimum atomic E-state index is -3.27. The Hall–Kier alpha value is -2.34. The van der Waals surface area contributed by atoms with E-state index in [9.17, 15) is 13.2 Å². The summed E-state index contributed by atoms with van der Waals surface area (Å²) in [6, 6.07) is 15.4. The van der Waals surface area contributed by atoms with Gasteiger partial charge < -0.3 is 9.64 Å². The minimum Gasteiger partial charge on any atom is -0.481 e. The van der Waals surface area contributed by atoms with Gasteiger partial charge in [0.1, 0.15) is 5.75 Å². The van der Waals surface area contributed by atoms with Gasteiger partial charge in [-0.05, 0) is 57.2 Å². The van der Waals surface area contributed by atoms with Gasteiger partial charge in [0.2, 0.25) is 0 Å². The Balaban J connectivity index is 2.23. The zero-order chi connectivity index (χ0) is 18.6. The molecule has 2 aromatic rings. The van der Waals surface area contributed by atoms with Crippen LogP contribution < -0.4 is 9.64 Å². The van der Waals surface area contributed by atoms with Crippen LogP contribution in [-0.2, 0) is 14.6 Å². The van der Waals surface area contributed by atoms with Crippen LogP contribution in [0.4, 0.5) is 5.69 Å². The summed E-state index contributed by atoms with van der Waals surface area (Å²) in [7, 11) is -3.27. The monoisotopic (exact) mass is 361 g/mol. The first-order valence-electron chi connectivity index (χ1n) is 8.05. The molecule has 0 aromatic heterocycles. The number of benzene rings is 2. The minimum absolute atomic E-state index is 0.0987. The van der Waals surface area contributed by atoms with Crippen molar-refractivity contribution in [3.63, 3.8) is 0 Å². The number of hydrogen-bond acceptors (Lipinski definition) is 4. The van der Waals surface area contributed by atoms with Crippen molar-refractivity contribution in [1.82, 2.24) is 0 Å². The zero-order valence-electron chi connectivity index (χ0n) is 14.8. The summed E-state index contributed by atoms with van der Waals surface area (Å²) in [6.45, 7) is 5.50. The number of carbonyl (C=O) groups is 1. The first-order chi connectivity index (χ1) is 11.7. The lowest BCUT2D eigenvalue weighted by molar-refractivity contribution is -0.125. The van der Waals surface area contributed by atoms with Gasteiger partial charge in [0.15, 0.2) is 15.9 Å². The third-order valence-electron chi connectivity index (χ3n) is 3.70. The number of ether oxygens (including phenoxy) is 1. The van der Waals surface area contributed by atoms with Crippen LogP contribution in [0, 0.1) is 0 Å². The Morgan fingerprint density at radius 2 is 1.52 bits per heavy atom. The molecule has 0 heterocycles. The molecule has 6 heteroatoms. The molecule has 5 nitrogen and oxygen atoms in total. The van der Waals surface area contributed by atoms with Crippen molar-refractivity contribution in [2.45, 2.75) is 37.8 Å². The second-order valence-corrected chi connectivity index (χ2v) is 8.16. The van der Waals surface area contributed by atoms with Crippen molar-refractivity contribution in [3.05, 3.63) is 54.6 Å². The van der Waals surface area contributed by atoms with Gasteiger partial charge in [0.05, 0.1) is 4.90 Å². The van der Waals surface area contributed by atoms with E-state index < -0.39 is 15.9 Å². The first-order valence-corrected chi connectivity index (χ1v) is 9.94. The van der Waals surface area contributed by atoms with E-state index in [0.717, 1.165) is 6.26 Å². The largest absolute Gasteiger partial charge is 0.481 e. The van der Waals surface area contributed by atoms with E-state index in [2.05, 4.69) is 0 Å². The fraction of sp³-hybridized carbons (Fsp3) is 0.316. The Bertz CT molecular complexity index is 814. The van der Waals surface area contributed by atoms with Gasteiger partial charge in [-0.2, -0.15) is 0 Å². The van der Waals surface area contributed by atoms with Crippen LogP contribution in [0.15, 0.2) is 59.5 Å². The van der Waals surface area contributed by atoms with Gasteiger partial charge in [-0.1, -0.05) is 18.2 Å². The quantitative estimate of drug-likeness (QED) is 0.792. The molecule has 0 aliphatic carbocycles. The Morgan fingerprint density at radius 1 is 0.960 bits per heavy atom. The lowest BCUT2D eigenvalue weighted by atomic mass is 10.2. The number of amides is 1. The maximum Gasteiger partial charge on any atom is 0.267 e. The molecular formula is C19H23NO4S. The van der Waals surface area contributed by atoms with Crippen molar-refractivity contribution < 1.29 is 17.9 Å². The van der Waals surface area contributed by atoms with E-state index in [4.69, 9.17) is 4.74 Å². The van der Waals surface area contributed by atoms with Gasteiger partial charge in [-0.3, -0.25) is 4.79 Å². The van der Waals surface area contributed by atoms with Crippen molar-refractivity contribution in [2.75, 3.05) is 11.2 Å². The van der Waals surface area contributed by atoms with Gasteiger partial charge in [0, 0.05) is 18.0 Å². The fourth-order valence-electron chi connectivity index (χ4n) is 2.48. The van der Waals surface area contributed by atoms with Crippen molar-refractivity contribution in [1.29, 1.82) is 0 Å². The van der Waals surface area contributed by atoms with E-state index in [-0.39, 0.29) is 16.8 Å². The fourth-order valence-corrected chi connectivity index (χ4v) is 3.11. The maximum atomic E-state index is 12.9. The molecule has 0 aliphatic heterocycles. The number of para-hydroxylation sites is 1. The molecule has 2 rings (SSSR count). The number of nitrogens with zero attached hydrogens (tertiary/aromatic N) is 1. The summed E-state index contributed by atoms with van der Waals surface area (Å²) < 4.78 is 28.9. The topological polar surface area (TPSA) is 63.7 Å². The highest BCUT2D eigenvalue weighted by atomic mass is 32.2. The maximum absolute atomic E-state index is 12.9. The van der Waals surface area contributed by atoms with E-state index in [1.807, 2.05) is 32.0 Å². The molecule has 1 amide bonds. The molecular weight excluding hydrogens is 338 g/mol. The Labute approximate surface area is 149 Å². The van der Waals surface area contributed by atoms with Crippen LogP contribution in [-0.4, -0.2) is 32.7 Å². The van der Waals surface area contributed by atoms with E-state index in [1.54, 1.807) is 36.1 Å². The summed E-state index contributed by atoms with van der Waals surface area (Å²) in [5.74, 6) is 0.436. The van der Waals surface area contributed by atoms with Crippen molar-refractivity contribution in [3.8, 4) is 5.75 Å². The highest BCUT2D eigenvalue weighted by molar-refractivity contribution is 7.90. The second-order valence-electron chi connectivity index (χ2n) is 6.14. The number of carbonyl (C=O) groups excluding carboxylic acids is 1. The van der Waals surface area contributed by atoms with Crippen molar-refractivity contribution >= 4 is 21.4 Å². The van der Waals surface area contributed by atoms with E-state index in [0.29, 0.717) is 11.4 Å². The Kier molecular flexibility index (Phi) is 5.85. The molecule has 1 atom stereocenters. The molecule has 0 bridgehead atoms. The van der Waals surface area contributed by atoms with Gasteiger partial charge >= 0.3 is 0 Å². The molecule has 1 unspecified atom stereocenters. The molecule has 0 saturated heterocycles. The molecule has 0 fully saturated rings. The predicted octanol–water partition coefficient (Wildman–Crippen LogP) is 3.30. The third kappa shape index (κ3) is 4.82. The average Bonchev–Trinajstić information content (AvgIpc) is 2.55. The normalized spacial score (nSPS) is 12.7. The number of sulfone groups is 1. The molecule has 0 spiro atoms. The van der Waals surface area contributed by atoms with Gasteiger partial charge in [-0.15, -0.1) is 0 Å². The zero-order valence-corrected chi connectivity index (χ0v) is 15.7. The first kappa shape index (κ1) is 19.0. The Morgan fingerprint density at radius 3 is 2.00 bits per heavy atom. The lowest BCUT2D eigenvalue weighted by Crippen LogP contribution is -2.44. The predicted molar refractivity (Wildman–Crippen MR) is 98.7 cm³/mol. The average molecular weight is 361 g/mol. The van der Waals surface area contributed by atoms with E-state index in [1.165, 1.54) is 12.1 Å². The van der Waals surface area contributed by atoms with E-state index >= 15 is 0 Å². The number of anilines is 1. The van der Waals surface area contributed by atoms with Crippen LogP contribution in [0.3, 0.4) is 0 Å². The summed E-state index contributed by atoms with van der Waals surface area (Å²) in [4.78, 5) is 14.7. The summed E-state index contributed by atoms with van der Waals surface area (Å²) in [6.07, 6.45) is 0.489. The van der Waals surface area contributed by atoms with Crippen LogP contribution >= 0.6 is 0 Å².